The predicted octanol–water partition coefficient (Wildman–Crippen LogP) is 4.09. The lowest BCUT2D eigenvalue weighted by Gasteiger charge is -2.13. The standard InChI is InChI=1S/C25H20N4O3/c1-28-14-16(8-12-21(28)30)19-10-11-20-23(24(19)32-18-6-4-3-5-7-18)27-25(26-20)17-9-13-22(31)29(2)15-17/h3-15H,1-2H3,(H,26,27). The van der Waals surface area contributed by atoms with Gasteiger partial charge in [-0.05, 0) is 36.4 Å². The second kappa shape index (κ2) is 7.70. The van der Waals surface area contributed by atoms with Crippen LogP contribution in [0.2, 0.25) is 0 Å². The molecule has 0 radical (unpaired) electrons. The first-order valence-corrected chi connectivity index (χ1v) is 10.1. The largest absolute Gasteiger partial charge is 0.454 e. The average molecular weight is 424 g/mol. The predicted molar refractivity (Wildman–Crippen MR) is 124 cm³/mol. The van der Waals surface area contributed by atoms with Crippen LogP contribution in [0, 0.1) is 0 Å². The van der Waals surface area contributed by atoms with Gasteiger partial charge in [-0.15, -0.1) is 0 Å². The zero-order valence-electron chi connectivity index (χ0n) is 17.6. The van der Waals surface area contributed by atoms with E-state index in [4.69, 9.17) is 9.72 Å². The van der Waals surface area contributed by atoms with E-state index >= 15 is 0 Å². The third-order valence-electron chi connectivity index (χ3n) is 5.33. The van der Waals surface area contributed by atoms with Crippen LogP contribution < -0.4 is 15.9 Å². The molecule has 3 aromatic heterocycles. The van der Waals surface area contributed by atoms with Crippen LogP contribution in [0.1, 0.15) is 0 Å². The van der Waals surface area contributed by atoms with Crippen molar-refractivity contribution in [2.45, 2.75) is 0 Å². The summed E-state index contributed by atoms with van der Waals surface area (Å²) in [7, 11) is 3.42. The van der Waals surface area contributed by atoms with Crippen LogP contribution in [0.25, 0.3) is 33.5 Å². The van der Waals surface area contributed by atoms with Crippen molar-refractivity contribution in [3.63, 3.8) is 0 Å². The molecule has 2 aromatic carbocycles. The third-order valence-corrected chi connectivity index (χ3v) is 5.33. The first-order chi connectivity index (χ1) is 15.5. The Morgan fingerprint density at radius 3 is 2.12 bits per heavy atom. The van der Waals surface area contributed by atoms with Gasteiger partial charge in [0.1, 0.15) is 17.1 Å². The van der Waals surface area contributed by atoms with Gasteiger partial charge in [0.15, 0.2) is 5.75 Å². The van der Waals surface area contributed by atoms with E-state index in [1.165, 1.54) is 21.3 Å². The lowest BCUT2D eigenvalue weighted by atomic mass is 10.1. The maximum absolute atomic E-state index is 11.9. The van der Waals surface area contributed by atoms with Crippen molar-refractivity contribution in [3.8, 4) is 34.0 Å². The Balaban J connectivity index is 1.73. The summed E-state index contributed by atoms with van der Waals surface area (Å²) in [4.78, 5) is 31.8. The van der Waals surface area contributed by atoms with Gasteiger partial charge in [0.05, 0.1) is 5.52 Å². The Bertz CT molecular complexity index is 1560. The van der Waals surface area contributed by atoms with Crippen molar-refractivity contribution in [3.05, 3.63) is 99.8 Å². The summed E-state index contributed by atoms with van der Waals surface area (Å²) in [5, 5.41) is 0. The summed E-state index contributed by atoms with van der Waals surface area (Å²) in [6.45, 7) is 0. The lowest BCUT2D eigenvalue weighted by Crippen LogP contribution is -2.14. The number of aryl methyl sites for hydroxylation is 2. The number of hydrogen-bond acceptors (Lipinski definition) is 4. The number of nitrogens with one attached hydrogen (secondary N) is 1. The van der Waals surface area contributed by atoms with E-state index in [0.717, 1.165) is 22.2 Å². The van der Waals surface area contributed by atoms with Gasteiger partial charge in [0.2, 0.25) is 11.1 Å². The number of pyridine rings is 2. The highest BCUT2D eigenvalue weighted by atomic mass is 16.5. The van der Waals surface area contributed by atoms with Crippen LogP contribution >= 0.6 is 0 Å². The number of fused-ring (bicyclic) bond motifs is 1. The minimum atomic E-state index is -0.0880. The molecule has 3 heterocycles. The first kappa shape index (κ1) is 19.6. The molecular weight excluding hydrogens is 404 g/mol. The number of para-hydroxylation sites is 1. The van der Waals surface area contributed by atoms with Crippen LogP contribution in [0.3, 0.4) is 0 Å². The summed E-state index contributed by atoms with van der Waals surface area (Å²) in [6.07, 6.45) is 3.52. The Morgan fingerprint density at radius 1 is 0.781 bits per heavy atom. The number of imidazole rings is 1. The van der Waals surface area contributed by atoms with Gasteiger partial charge in [0.25, 0.3) is 0 Å². The highest BCUT2D eigenvalue weighted by Crippen LogP contribution is 2.39. The molecule has 0 fully saturated rings. The molecule has 0 atom stereocenters. The fourth-order valence-corrected chi connectivity index (χ4v) is 3.61. The van der Waals surface area contributed by atoms with Gasteiger partial charge < -0.3 is 18.9 Å². The van der Waals surface area contributed by atoms with Crippen molar-refractivity contribution in [1.29, 1.82) is 0 Å². The highest BCUT2D eigenvalue weighted by molar-refractivity contribution is 5.92. The van der Waals surface area contributed by atoms with Crippen molar-refractivity contribution in [1.82, 2.24) is 19.1 Å². The summed E-state index contributed by atoms with van der Waals surface area (Å²) in [6, 6.07) is 19.9. The van der Waals surface area contributed by atoms with E-state index in [9.17, 15) is 9.59 Å². The summed E-state index contributed by atoms with van der Waals surface area (Å²) in [5.41, 5.74) is 3.73. The summed E-state index contributed by atoms with van der Waals surface area (Å²) in [5.74, 6) is 1.89. The minimum absolute atomic E-state index is 0.0860. The van der Waals surface area contributed by atoms with Crippen LogP contribution in [-0.4, -0.2) is 19.1 Å². The van der Waals surface area contributed by atoms with Crippen LogP contribution in [-0.2, 0) is 14.1 Å². The van der Waals surface area contributed by atoms with Gasteiger partial charge in [-0.1, -0.05) is 18.2 Å². The first-order valence-electron chi connectivity index (χ1n) is 10.1. The number of hydrogen-bond donors (Lipinski definition) is 1. The molecule has 5 aromatic rings. The maximum Gasteiger partial charge on any atom is 0.250 e. The molecule has 32 heavy (non-hydrogen) atoms. The average Bonchev–Trinajstić information content (AvgIpc) is 3.23. The molecule has 7 heteroatoms. The molecule has 0 aliphatic rings. The number of ether oxygens (including phenoxy) is 1. The van der Waals surface area contributed by atoms with Gasteiger partial charge >= 0.3 is 0 Å². The number of nitrogens with zero attached hydrogens (tertiary/aromatic N) is 3. The van der Waals surface area contributed by atoms with Gasteiger partial charge in [-0.2, -0.15) is 0 Å². The maximum atomic E-state index is 11.9. The zero-order chi connectivity index (χ0) is 22.2. The van der Waals surface area contributed by atoms with Gasteiger partial charge in [0, 0.05) is 55.3 Å². The molecule has 0 bridgehead atoms. The monoisotopic (exact) mass is 424 g/mol. The number of aromatic nitrogens is 4. The van der Waals surface area contributed by atoms with E-state index in [1.54, 1.807) is 38.6 Å². The van der Waals surface area contributed by atoms with E-state index < -0.39 is 0 Å². The molecule has 0 saturated heterocycles. The minimum Gasteiger partial charge on any atom is -0.454 e. The molecule has 0 unspecified atom stereocenters. The molecule has 0 aliphatic carbocycles. The summed E-state index contributed by atoms with van der Waals surface area (Å²) >= 11 is 0. The molecule has 0 aliphatic heterocycles. The fraction of sp³-hybridized carbons (Fsp3) is 0.0800. The molecule has 0 saturated carbocycles. The Morgan fingerprint density at radius 2 is 1.44 bits per heavy atom. The molecule has 0 spiro atoms. The lowest BCUT2D eigenvalue weighted by molar-refractivity contribution is 0.489. The normalized spacial score (nSPS) is 11.1. The Kier molecular flexibility index (Phi) is 4.71. The van der Waals surface area contributed by atoms with Crippen LogP contribution in [0.15, 0.2) is 88.7 Å². The number of benzene rings is 2. The van der Waals surface area contributed by atoms with E-state index in [1.807, 2.05) is 42.5 Å². The Hall–Kier alpha value is -4.39. The molecule has 7 nitrogen and oxygen atoms in total. The molecule has 5 rings (SSSR count). The number of rotatable bonds is 4. The molecule has 1 N–H and O–H groups in total. The molecule has 0 amide bonds. The SMILES string of the molecule is Cn1cc(-c2nc3c(Oc4ccccc4)c(-c4ccc(=O)n(C)c4)ccc3[nH]2)ccc1=O. The van der Waals surface area contributed by atoms with Crippen molar-refractivity contribution >= 4 is 11.0 Å². The second-order valence-electron chi connectivity index (χ2n) is 7.57. The van der Waals surface area contributed by atoms with Gasteiger partial charge in [-0.3, -0.25) is 9.59 Å². The van der Waals surface area contributed by atoms with E-state index in [0.29, 0.717) is 22.8 Å². The van der Waals surface area contributed by atoms with Gasteiger partial charge in [-0.25, -0.2) is 4.98 Å². The second-order valence-corrected chi connectivity index (χ2v) is 7.57. The van der Waals surface area contributed by atoms with Crippen molar-refractivity contribution in [2.24, 2.45) is 14.1 Å². The van der Waals surface area contributed by atoms with E-state index in [-0.39, 0.29) is 11.1 Å². The fourth-order valence-electron chi connectivity index (χ4n) is 3.61. The smallest absolute Gasteiger partial charge is 0.250 e. The van der Waals surface area contributed by atoms with E-state index in [2.05, 4.69) is 4.98 Å². The quantitative estimate of drug-likeness (QED) is 0.471. The zero-order valence-corrected chi connectivity index (χ0v) is 17.6. The highest BCUT2D eigenvalue weighted by Gasteiger charge is 2.17. The van der Waals surface area contributed by atoms with Crippen molar-refractivity contribution in [2.75, 3.05) is 0 Å². The summed E-state index contributed by atoms with van der Waals surface area (Å²) < 4.78 is 9.36. The molecular formula is C25H20N4O3. The topological polar surface area (TPSA) is 81.9 Å². The third kappa shape index (κ3) is 3.50. The number of aromatic amines is 1. The number of H-pyrrole nitrogens is 1. The molecule has 158 valence electrons. The van der Waals surface area contributed by atoms with Crippen LogP contribution in [0.5, 0.6) is 11.5 Å². The Labute approximate surface area is 183 Å². The van der Waals surface area contributed by atoms with Crippen molar-refractivity contribution < 1.29 is 4.74 Å². The van der Waals surface area contributed by atoms with Crippen LogP contribution in [0.4, 0.5) is 0 Å².